The molecule has 0 atom stereocenters. The summed E-state index contributed by atoms with van der Waals surface area (Å²) in [6.45, 7) is 15.1. The van der Waals surface area contributed by atoms with Crippen molar-refractivity contribution in [2.24, 2.45) is 0 Å². The second-order valence-corrected chi connectivity index (χ2v) is 9.59. The van der Waals surface area contributed by atoms with E-state index in [2.05, 4.69) is 19.7 Å². The van der Waals surface area contributed by atoms with E-state index >= 15 is 0 Å². The molecule has 1 aromatic carbocycles. The summed E-state index contributed by atoms with van der Waals surface area (Å²) in [5, 5.41) is 0. The van der Waals surface area contributed by atoms with Crippen LogP contribution in [0.5, 0.6) is 5.75 Å². The van der Waals surface area contributed by atoms with Crippen molar-refractivity contribution in [1.82, 2.24) is 0 Å². The molecule has 160 valence electrons. The minimum absolute atomic E-state index is 0.0882. The number of hydrogen-bond donors (Lipinski definition) is 0. The van der Waals surface area contributed by atoms with Crippen LogP contribution in [0, 0.1) is 0 Å². The fraction of sp³-hybridized carbons (Fsp3) is 0.120. The number of ether oxygens (including phenoxy) is 1. The zero-order chi connectivity index (χ0) is 23.2. The van der Waals surface area contributed by atoms with Gasteiger partial charge in [0.25, 0.3) is 0 Å². The molecule has 0 spiro atoms. The first-order chi connectivity index (χ1) is 14.8. The number of para-hydroxylation sites is 1. The second kappa shape index (κ2) is 13.9. The quantitative estimate of drug-likeness (QED) is 0.101. The zero-order valence-electron chi connectivity index (χ0n) is 18.2. The first kappa shape index (κ1) is 25.8. The monoisotopic (exact) mass is 476 g/mol. The van der Waals surface area contributed by atoms with Gasteiger partial charge in [-0.15, -0.1) is 0 Å². The van der Waals surface area contributed by atoms with E-state index in [4.69, 9.17) is 11.8 Å². The molecule has 6 heteroatoms. The Kier molecular flexibility index (Phi) is 11.6. The standard InChI is InChI=1S/C15H14O4.C9H12O.CH3.Ga/c1-3-4-5-8-11(2)15(18)19-13-10-7-6-9-12(13)14(16)17;1-4-5-6-7-8(2)9(3)10;;/h3-10H,2H2,1H3,(H,16,17);4-7,10H,2-3H2,1H3;1H3;/q;;;+2/p-2/b4-3-,8-5-;5-4-,7-6-;;. The van der Waals surface area contributed by atoms with Crippen molar-refractivity contribution in [3.63, 3.8) is 0 Å². The molecule has 1 aromatic rings. The molecular formula is C25H27GaO5. The Morgan fingerprint density at radius 2 is 1.45 bits per heavy atom. The van der Waals surface area contributed by atoms with Crippen LogP contribution in [0.4, 0.5) is 0 Å². The molecule has 0 heterocycles. The maximum absolute atomic E-state index is 12.6. The molecule has 31 heavy (non-hydrogen) atoms. The van der Waals surface area contributed by atoms with Crippen molar-refractivity contribution in [2.75, 3.05) is 0 Å². The topological polar surface area (TPSA) is 61.8 Å². The molecule has 0 saturated heterocycles. The van der Waals surface area contributed by atoms with E-state index in [1.807, 2.05) is 38.2 Å². The molecule has 1 rings (SSSR count). The molecule has 0 fully saturated rings. The molecular weight excluding hydrogens is 450 g/mol. The summed E-state index contributed by atoms with van der Waals surface area (Å²) in [7, 11) is 0. The van der Waals surface area contributed by atoms with E-state index < -0.39 is 28.9 Å². The average Bonchev–Trinajstić information content (AvgIpc) is 2.74. The van der Waals surface area contributed by atoms with Crippen LogP contribution in [0.1, 0.15) is 24.2 Å². The van der Waals surface area contributed by atoms with Gasteiger partial charge < -0.3 is 0 Å². The Bertz CT molecular complexity index is 950. The Morgan fingerprint density at radius 3 is 2.06 bits per heavy atom. The molecule has 0 amide bonds. The predicted octanol–water partition coefficient (Wildman–Crippen LogP) is 5.77. The van der Waals surface area contributed by atoms with Crippen molar-refractivity contribution in [3.05, 3.63) is 115 Å². The van der Waals surface area contributed by atoms with Crippen molar-refractivity contribution in [2.45, 2.75) is 19.3 Å². The molecule has 0 saturated carbocycles. The third-order valence-corrected chi connectivity index (χ3v) is 6.15. The second-order valence-electron chi connectivity index (χ2n) is 6.22. The van der Waals surface area contributed by atoms with E-state index in [0.717, 1.165) is 0 Å². The SMILES string of the molecule is C=C(/C=C\C=C/C)C(=C)[O][Ga]([CH3])[O]C(=O)c1ccccc1OC(=O)C(=C)/C=C\C=C/C. The summed E-state index contributed by atoms with van der Waals surface area (Å²) in [5.41, 5.74) is 2.60. The molecule has 0 N–H and O–H groups in total. The van der Waals surface area contributed by atoms with Gasteiger partial charge in [0.1, 0.15) is 0 Å². The molecule has 0 aliphatic carbocycles. The number of carbonyl (C=O) groups is 2. The van der Waals surface area contributed by atoms with Crippen molar-refractivity contribution in [3.8, 4) is 5.75 Å². The van der Waals surface area contributed by atoms with Crippen molar-refractivity contribution < 1.29 is 21.4 Å². The van der Waals surface area contributed by atoms with Crippen LogP contribution in [0.15, 0.2) is 110 Å². The van der Waals surface area contributed by atoms with Gasteiger partial charge in [-0.1, -0.05) is 0 Å². The normalized spacial score (nSPS) is 11.2. The molecule has 0 unspecified atom stereocenters. The summed E-state index contributed by atoms with van der Waals surface area (Å²) in [6.07, 6.45) is 14.1. The van der Waals surface area contributed by atoms with Crippen LogP contribution in [0.3, 0.4) is 0 Å². The summed E-state index contributed by atoms with van der Waals surface area (Å²) in [6, 6.07) is 6.34. The number of allylic oxidation sites excluding steroid dienone is 7. The van der Waals surface area contributed by atoms with E-state index in [1.54, 1.807) is 35.8 Å². The average molecular weight is 477 g/mol. The Morgan fingerprint density at radius 1 is 0.871 bits per heavy atom. The van der Waals surface area contributed by atoms with Gasteiger partial charge in [-0.05, 0) is 0 Å². The maximum atomic E-state index is 12.6. The molecule has 0 aliphatic rings. The van der Waals surface area contributed by atoms with Gasteiger partial charge in [-0.25, -0.2) is 0 Å². The van der Waals surface area contributed by atoms with Crippen LogP contribution >= 0.6 is 0 Å². The summed E-state index contributed by atoms with van der Waals surface area (Å²) >= 11 is -2.94. The molecule has 0 bridgehead atoms. The van der Waals surface area contributed by atoms with Gasteiger partial charge in [0.15, 0.2) is 0 Å². The summed E-state index contributed by atoms with van der Waals surface area (Å²) in [4.78, 5) is 24.9. The molecule has 0 radical (unpaired) electrons. The first-order valence-electron chi connectivity index (χ1n) is 9.64. The molecule has 5 nitrogen and oxygen atoms in total. The molecule has 0 aromatic heterocycles. The van der Waals surface area contributed by atoms with E-state index in [1.165, 1.54) is 18.2 Å². The Hall–Kier alpha value is -3.22. The number of hydrogen-bond acceptors (Lipinski definition) is 5. The summed E-state index contributed by atoms with van der Waals surface area (Å²) in [5.74, 6) is -0.853. The fourth-order valence-corrected chi connectivity index (χ4v) is 4.29. The van der Waals surface area contributed by atoms with Gasteiger partial charge in [0.05, 0.1) is 0 Å². The first-order valence-corrected chi connectivity index (χ1v) is 14.0. The zero-order valence-corrected chi connectivity index (χ0v) is 20.6. The van der Waals surface area contributed by atoms with E-state index in [-0.39, 0.29) is 16.9 Å². The van der Waals surface area contributed by atoms with Crippen LogP contribution in [-0.4, -0.2) is 28.9 Å². The van der Waals surface area contributed by atoms with E-state index in [9.17, 15) is 9.59 Å². The minimum atomic E-state index is -2.94. The van der Waals surface area contributed by atoms with Gasteiger partial charge in [-0.3, -0.25) is 0 Å². The van der Waals surface area contributed by atoms with Gasteiger partial charge in [0.2, 0.25) is 0 Å². The van der Waals surface area contributed by atoms with Crippen LogP contribution in [0.2, 0.25) is 5.48 Å². The number of esters is 1. The Balaban J connectivity index is 2.80. The number of benzene rings is 1. The predicted molar refractivity (Wildman–Crippen MR) is 126 cm³/mol. The Labute approximate surface area is 190 Å². The summed E-state index contributed by atoms with van der Waals surface area (Å²) < 4.78 is 16.5. The third kappa shape index (κ3) is 9.42. The molecule has 0 aliphatic heterocycles. The van der Waals surface area contributed by atoms with Crippen molar-refractivity contribution in [1.29, 1.82) is 0 Å². The third-order valence-electron chi connectivity index (χ3n) is 3.71. The van der Waals surface area contributed by atoms with Crippen LogP contribution < -0.4 is 4.74 Å². The van der Waals surface area contributed by atoms with E-state index in [0.29, 0.717) is 11.3 Å². The van der Waals surface area contributed by atoms with Gasteiger partial charge in [0, 0.05) is 0 Å². The van der Waals surface area contributed by atoms with Crippen molar-refractivity contribution >= 4 is 28.9 Å². The van der Waals surface area contributed by atoms with Gasteiger partial charge >= 0.3 is 190 Å². The van der Waals surface area contributed by atoms with Gasteiger partial charge in [-0.2, -0.15) is 0 Å². The van der Waals surface area contributed by atoms with Crippen LogP contribution in [-0.2, 0) is 11.9 Å². The fourth-order valence-electron chi connectivity index (χ4n) is 2.13. The van der Waals surface area contributed by atoms with Crippen LogP contribution in [0.25, 0.3) is 0 Å². The number of carbonyl (C=O) groups excluding carboxylic acids is 2. The number of rotatable bonds is 11.